The lowest BCUT2D eigenvalue weighted by Crippen LogP contribution is -2.27. The molecule has 2 atom stereocenters. The van der Waals surface area contributed by atoms with Crippen molar-refractivity contribution < 1.29 is 9.18 Å². The molecular formula is C22H29FN5OP. The first kappa shape index (κ1) is 21.1. The Kier molecular flexibility index (Phi) is 6.01. The molecule has 2 unspecified atom stereocenters. The third-order valence-electron chi connectivity index (χ3n) is 6.00. The Labute approximate surface area is 179 Å². The number of pyridine rings is 1. The van der Waals surface area contributed by atoms with Crippen LogP contribution in [-0.2, 0) is 0 Å². The number of halogens is 1. The molecule has 1 N–H and O–H groups in total. The SMILES string of the molecule is CC(C)c1ncc(C(=O)Nc2c(C3CCCC3)ccnc2N2CCC(F)(P)C2)cn1. The van der Waals surface area contributed by atoms with Crippen LogP contribution >= 0.6 is 9.24 Å². The summed E-state index contributed by atoms with van der Waals surface area (Å²) >= 11 is 0. The summed E-state index contributed by atoms with van der Waals surface area (Å²) in [6, 6.07) is 1.99. The van der Waals surface area contributed by atoms with Gasteiger partial charge in [-0.05, 0) is 30.4 Å². The first-order chi connectivity index (χ1) is 14.3. The van der Waals surface area contributed by atoms with Crippen LogP contribution in [0.25, 0.3) is 0 Å². The molecule has 3 heterocycles. The predicted molar refractivity (Wildman–Crippen MR) is 120 cm³/mol. The minimum atomic E-state index is -1.33. The summed E-state index contributed by atoms with van der Waals surface area (Å²) in [6.45, 7) is 4.83. The van der Waals surface area contributed by atoms with Crippen LogP contribution in [0.2, 0.25) is 0 Å². The summed E-state index contributed by atoms with van der Waals surface area (Å²) < 4.78 is 14.5. The Morgan fingerprint density at radius 2 is 1.97 bits per heavy atom. The van der Waals surface area contributed by atoms with Gasteiger partial charge >= 0.3 is 0 Å². The second kappa shape index (κ2) is 8.54. The van der Waals surface area contributed by atoms with E-state index in [2.05, 4.69) is 29.5 Å². The molecule has 0 bridgehead atoms. The number of aromatic nitrogens is 3. The maximum absolute atomic E-state index is 14.5. The number of amides is 1. The highest BCUT2D eigenvalue weighted by Crippen LogP contribution is 2.43. The zero-order valence-corrected chi connectivity index (χ0v) is 18.7. The highest BCUT2D eigenvalue weighted by Gasteiger charge is 2.36. The predicted octanol–water partition coefficient (Wildman–Crippen LogP) is 4.66. The van der Waals surface area contributed by atoms with Crippen LogP contribution in [0.1, 0.15) is 79.5 Å². The van der Waals surface area contributed by atoms with Gasteiger partial charge in [-0.3, -0.25) is 4.79 Å². The molecule has 0 radical (unpaired) electrons. The van der Waals surface area contributed by atoms with Crippen molar-refractivity contribution in [3.05, 3.63) is 41.6 Å². The van der Waals surface area contributed by atoms with Crippen molar-refractivity contribution in [1.82, 2.24) is 15.0 Å². The van der Waals surface area contributed by atoms with E-state index in [-0.39, 0.29) is 18.4 Å². The van der Waals surface area contributed by atoms with Crippen molar-refractivity contribution >= 4 is 26.7 Å². The normalized spacial score (nSPS) is 22.1. The van der Waals surface area contributed by atoms with Crippen LogP contribution in [0.15, 0.2) is 24.7 Å². The van der Waals surface area contributed by atoms with Crippen molar-refractivity contribution in [2.24, 2.45) is 0 Å². The second-order valence-electron chi connectivity index (χ2n) is 8.73. The van der Waals surface area contributed by atoms with Crippen LogP contribution < -0.4 is 10.2 Å². The van der Waals surface area contributed by atoms with Crippen LogP contribution in [0.5, 0.6) is 0 Å². The fraction of sp³-hybridized carbons (Fsp3) is 0.545. The Balaban J connectivity index is 1.66. The molecule has 2 aromatic heterocycles. The van der Waals surface area contributed by atoms with Gasteiger partial charge in [0.05, 0.1) is 17.8 Å². The summed E-state index contributed by atoms with van der Waals surface area (Å²) in [6.07, 6.45) is 9.88. The maximum atomic E-state index is 14.5. The van der Waals surface area contributed by atoms with Gasteiger partial charge in [-0.2, -0.15) is 0 Å². The summed E-state index contributed by atoms with van der Waals surface area (Å²) in [4.78, 5) is 28.1. The molecule has 1 amide bonds. The molecule has 1 aliphatic heterocycles. The molecule has 6 nitrogen and oxygen atoms in total. The standard InChI is InChI=1S/C22H29FN5OP/c1-14(2)19-25-11-16(12-26-19)21(29)27-18-17(15-5-3-4-6-15)7-9-24-20(18)28-10-8-22(23,30)13-28/h7,9,11-12,14-15H,3-6,8,10,13,30H2,1-2H3,(H,27,29). The minimum Gasteiger partial charge on any atom is -0.351 e. The minimum absolute atomic E-state index is 0.198. The average Bonchev–Trinajstić information content (AvgIpc) is 3.37. The van der Waals surface area contributed by atoms with Gasteiger partial charge in [-0.1, -0.05) is 35.9 Å². The first-order valence-electron chi connectivity index (χ1n) is 10.7. The smallest absolute Gasteiger partial charge is 0.258 e. The zero-order valence-electron chi connectivity index (χ0n) is 17.6. The molecule has 2 fully saturated rings. The third-order valence-corrected chi connectivity index (χ3v) is 6.47. The maximum Gasteiger partial charge on any atom is 0.258 e. The largest absolute Gasteiger partial charge is 0.351 e. The number of nitrogens with one attached hydrogen (secondary N) is 1. The zero-order chi connectivity index (χ0) is 21.3. The number of hydrogen-bond acceptors (Lipinski definition) is 5. The van der Waals surface area contributed by atoms with Gasteiger partial charge in [0.25, 0.3) is 5.91 Å². The van der Waals surface area contributed by atoms with Crippen LogP contribution in [0.3, 0.4) is 0 Å². The number of carbonyl (C=O) groups is 1. The van der Waals surface area contributed by atoms with Gasteiger partial charge in [0.15, 0.2) is 5.82 Å². The lowest BCUT2D eigenvalue weighted by molar-refractivity contribution is 0.102. The van der Waals surface area contributed by atoms with Crippen LogP contribution in [-0.4, -0.2) is 39.4 Å². The van der Waals surface area contributed by atoms with E-state index in [4.69, 9.17) is 0 Å². The summed E-state index contributed by atoms with van der Waals surface area (Å²) in [5.41, 5.74) is 2.19. The van der Waals surface area contributed by atoms with E-state index < -0.39 is 5.41 Å². The summed E-state index contributed by atoms with van der Waals surface area (Å²) in [5.74, 6) is 1.67. The molecule has 2 aromatic rings. The molecule has 4 rings (SSSR count). The molecule has 30 heavy (non-hydrogen) atoms. The van der Waals surface area contributed by atoms with Gasteiger partial charge in [-0.25, -0.2) is 19.3 Å². The van der Waals surface area contributed by atoms with Crippen molar-refractivity contribution in [1.29, 1.82) is 0 Å². The lowest BCUT2D eigenvalue weighted by atomic mass is 9.96. The highest BCUT2D eigenvalue weighted by molar-refractivity contribution is 7.18. The molecule has 1 aliphatic carbocycles. The number of alkyl halides is 1. The van der Waals surface area contributed by atoms with E-state index in [1.807, 2.05) is 24.8 Å². The monoisotopic (exact) mass is 429 g/mol. The van der Waals surface area contributed by atoms with Crippen LogP contribution in [0.4, 0.5) is 15.9 Å². The second-order valence-corrected chi connectivity index (χ2v) is 9.76. The topological polar surface area (TPSA) is 71.0 Å². The van der Waals surface area contributed by atoms with Crippen molar-refractivity contribution in [2.45, 2.75) is 63.2 Å². The van der Waals surface area contributed by atoms with Crippen molar-refractivity contribution in [3.8, 4) is 0 Å². The fourth-order valence-corrected chi connectivity index (χ4v) is 4.68. The summed E-state index contributed by atoms with van der Waals surface area (Å²) in [7, 11) is 2.31. The average molecular weight is 429 g/mol. The van der Waals surface area contributed by atoms with E-state index in [9.17, 15) is 9.18 Å². The molecule has 0 aromatic carbocycles. The number of anilines is 2. The lowest BCUT2D eigenvalue weighted by Gasteiger charge is -2.25. The number of rotatable bonds is 5. The number of hydrogen-bond donors (Lipinski definition) is 1. The van der Waals surface area contributed by atoms with Gasteiger partial charge in [0.2, 0.25) is 0 Å². The number of nitrogens with zero attached hydrogens (tertiary/aromatic N) is 4. The van der Waals surface area contributed by atoms with E-state index in [0.29, 0.717) is 41.8 Å². The van der Waals surface area contributed by atoms with Gasteiger partial charge in [0, 0.05) is 37.5 Å². The molecule has 0 spiro atoms. The van der Waals surface area contributed by atoms with E-state index in [1.54, 1.807) is 18.6 Å². The van der Waals surface area contributed by atoms with E-state index >= 15 is 0 Å². The molecular weight excluding hydrogens is 400 g/mol. The molecule has 1 saturated heterocycles. The number of carbonyl (C=O) groups excluding carboxylic acids is 1. The van der Waals surface area contributed by atoms with Crippen molar-refractivity contribution in [3.63, 3.8) is 0 Å². The highest BCUT2D eigenvalue weighted by atomic mass is 31.0. The van der Waals surface area contributed by atoms with Gasteiger partial charge in [0.1, 0.15) is 11.2 Å². The Hall–Kier alpha value is -2.14. The quantitative estimate of drug-likeness (QED) is 0.701. The van der Waals surface area contributed by atoms with E-state index in [0.717, 1.165) is 18.4 Å². The molecule has 160 valence electrons. The fourth-order valence-electron chi connectivity index (χ4n) is 4.33. The molecule has 8 heteroatoms. The van der Waals surface area contributed by atoms with Gasteiger partial charge < -0.3 is 10.2 Å². The Morgan fingerprint density at radius 1 is 1.27 bits per heavy atom. The third kappa shape index (κ3) is 4.46. The first-order valence-corrected chi connectivity index (χ1v) is 11.3. The Morgan fingerprint density at radius 3 is 2.57 bits per heavy atom. The van der Waals surface area contributed by atoms with E-state index in [1.165, 1.54) is 12.8 Å². The Bertz CT molecular complexity index is 912. The molecule has 2 aliphatic rings. The van der Waals surface area contributed by atoms with Crippen LogP contribution in [0, 0.1) is 0 Å². The molecule has 1 saturated carbocycles. The summed E-state index contributed by atoms with van der Waals surface area (Å²) in [5, 5.41) is 1.75. The van der Waals surface area contributed by atoms with Gasteiger partial charge in [-0.15, -0.1) is 0 Å². The van der Waals surface area contributed by atoms with Crippen molar-refractivity contribution in [2.75, 3.05) is 23.3 Å².